The average Bonchev–Trinajstić information content (AvgIpc) is 2.58. The molecule has 3 N–H and O–H groups in total. The second kappa shape index (κ2) is 3.24. The second-order valence-corrected chi connectivity index (χ2v) is 3.16. The highest BCUT2D eigenvalue weighted by Gasteiger charge is 2.31. The second-order valence-electron chi connectivity index (χ2n) is 3.16. The number of rotatable bonds is 2. The maximum Gasteiger partial charge on any atom is 0.320 e. The van der Waals surface area contributed by atoms with Crippen molar-refractivity contribution in [2.45, 2.75) is 19.6 Å². The van der Waals surface area contributed by atoms with Gasteiger partial charge in [-0.15, -0.1) is 0 Å². The lowest BCUT2D eigenvalue weighted by Gasteiger charge is -2.09. The van der Waals surface area contributed by atoms with E-state index in [4.69, 9.17) is 10.9 Å². The van der Waals surface area contributed by atoms with E-state index >= 15 is 0 Å². The lowest BCUT2D eigenvalue weighted by Crippen LogP contribution is -2.21. The van der Waals surface area contributed by atoms with E-state index in [2.05, 4.69) is 4.98 Å². The summed E-state index contributed by atoms with van der Waals surface area (Å²) in [6, 6.07) is 0. The summed E-state index contributed by atoms with van der Waals surface area (Å²) in [7, 11) is 0. The first-order valence-electron chi connectivity index (χ1n) is 4.12. The van der Waals surface area contributed by atoms with Gasteiger partial charge in [0.15, 0.2) is 0 Å². The lowest BCUT2D eigenvalue weighted by atomic mass is 10.4. The normalized spacial score (nSPS) is 16.0. The van der Waals surface area contributed by atoms with Crippen molar-refractivity contribution >= 4 is 5.91 Å². The molecule has 8 heteroatoms. The monoisotopic (exact) mass is 218 g/mol. The smallest absolute Gasteiger partial charge is 0.320 e. The number of carbonyl (C=O) groups excluding carboxylic acids is 1. The fourth-order valence-corrected chi connectivity index (χ4v) is 1.59. The zero-order valence-corrected chi connectivity index (χ0v) is 7.52. The van der Waals surface area contributed by atoms with Gasteiger partial charge in [-0.1, -0.05) is 0 Å². The molecule has 15 heavy (non-hydrogen) atoms. The van der Waals surface area contributed by atoms with Crippen LogP contribution in [0.2, 0.25) is 0 Å². The fourth-order valence-electron chi connectivity index (χ4n) is 1.59. The van der Waals surface area contributed by atoms with Crippen LogP contribution in [0.4, 0.5) is 8.78 Å². The Balaban J connectivity index is 2.53. The first kappa shape index (κ1) is 9.99. The van der Waals surface area contributed by atoms with Crippen LogP contribution in [-0.4, -0.2) is 25.7 Å². The van der Waals surface area contributed by atoms with Crippen molar-refractivity contribution in [3.05, 3.63) is 17.2 Å². The topological polar surface area (TPSA) is 84.4 Å². The number of aromatic nitrogens is 2. The van der Waals surface area contributed by atoms with Crippen LogP contribution in [0, 0.1) is 0 Å². The molecule has 0 atom stereocenters. The Morgan fingerprint density at radius 3 is 2.73 bits per heavy atom. The quantitative estimate of drug-likeness (QED) is 0.736. The number of primary amides is 1. The van der Waals surface area contributed by atoms with Gasteiger partial charge in [0.2, 0.25) is 5.82 Å². The predicted molar refractivity (Wildman–Crippen MR) is 43.0 cm³/mol. The molecule has 6 nitrogen and oxygen atoms in total. The van der Waals surface area contributed by atoms with Crippen molar-refractivity contribution < 1.29 is 18.8 Å². The summed E-state index contributed by atoms with van der Waals surface area (Å²) in [6.45, 7) is -2.95. The van der Waals surface area contributed by atoms with Gasteiger partial charge in [-0.2, -0.15) is 13.8 Å². The number of fused-ring (bicyclic) bond motifs is 1. The Morgan fingerprint density at radius 2 is 2.20 bits per heavy atom. The van der Waals surface area contributed by atoms with E-state index in [0.717, 1.165) is 5.06 Å². The minimum Gasteiger partial charge on any atom is -0.363 e. The van der Waals surface area contributed by atoms with E-state index in [0.29, 0.717) is 4.57 Å². The molecule has 1 aliphatic rings. The van der Waals surface area contributed by atoms with Gasteiger partial charge in [0.25, 0.3) is 5.91 Å². The Morgan fingerprint density at radius 1 is 1.53 bits per heavy atom. The minimum atomic E-state index is -2.89. The molecular weight excluding hydrogens is 210 g/mol. The number of imidazole rings is 1. The minimum absolute atomic E-state index is 0.0231. The summed E-state index contributed by atoms with van der Waals surface area (Å²) in [4.78, 5) is 14.5. The van der Waals surface area contributed by atoms with Gasteiger partial charge in [0.05, 0.1) is 24.5 Å². The molecule has 0 saturated heterocycles. The van der Waals surface area contributed by atoms with Gasteiger partial charge in [-0.3, -0.25) is 9.36 Å². The van der Waals surface area contributed by atoms with E-state index in [1.807, 2.05) is 0 Å². The number of nitrogens with two attached hydrogens (primary N) is 1. The molecule has 0 unspecified atom stereocenters. The van der Waals surface area contributed by atoms with Gasteiger partial charge in [-0.05, 0) is 0 Å². The first-order valence-corrected chi connectivity index (χ1v) is 4.12. The summed E-state index contributed by atoms with van der Waals surface area (Å²) in [5.41, 5.74) is 5.30. The maximum absolute atomic E-state index is 12.6. The van der Waals surface area contributed by atoms with Crippen molar-refractivity contribution in [2.24, 2.45) is 5.73 Å². The van der Waals surface area contributed by atoms with Crippen LogP contribution in [0.15, 0.2) is 0 Å². The number of hydroxylamine groups is 2. The van der Waals surface area contributed by atoms with E-state index < -0.39 is 18.3 Å². The van der Waals surface area contributed by atoms with Gasteiger partial charge in [-0.25, -0.2) is 4.98 Å². The van der Waals surface area contributed by atoms with Crippen molar-refractivity contribution in [2.75, 3.05) is 0 Å². The molecule has 1 aliphatic heterocycles. The largest absolute Gasteiger partial charge is 0.363 e. The molecule has 0 aromatic carbocycles. The third-order valence-electron chi connectivity index (χ3n) is 2.17. The highest BCUT2D eigenvalue weighted by Crippen LogP contribution is 2.26. The van der Waals surface area contributed by atoms with Crippen molar-refractivity contribution in [1.29, 1.82) is 0 Å². The summed E-state index contributed by atoms with van der Waals surface area (Å²) < 4.78 is 25.7. The van der Waals surface area contributed by atoms with Crippen LogP contribution < -0.4 is 5.73 Å². The summed E-state index contributed by atoms with van der Waals surface area (Å²) in [5.74, 6) is -1.47. The molecule has 0 radical (unpaired) electrons. The molecule has 2 heterocycles. The van der Waals surface area contributed by atoms with Gasteiger partial charge in [0, 0.05) is 0 Å². The number of nitrogens with zero attached hydrogens (tertiary/aromatic N) is 3. The SMILES string of the molecule is NC(=O)c1nc2c(n1C(F)F)CN(O)C2. The molecule has 0 bridgehead atoms. The zero-order valence-electron chi connectivity index (χ0n) is 7.52. The summed E-state index contributed by atoms with van der Waals surface area (Å²) in [5, 5.41) is 9.93. The number of amides is 1. The third kappa shape index (κ3) is 1.47. The fraction of sp³-hybridized carbons (Fsp3) is 0.429. The van der Waals surface area contributed by atoms with E-state index in [-0.39, 0.29) is 24.5 Å². The zero-order chi connectivity index (χ0) is 11.2. The molecule has 0 saturated carbocycles. The predicted octanol–water partition coefficient (Wildman–Crippen LogP) is 0.0819. The van der Waals surface area contributed by atoms with E-state index in [1.54, 1.807) is 0 Å². The van der Waals surface area contributed by atoms with Gasteiger partial charge >= 0.3 is 6.55 Å². The number of halogens is 2. The number of carbonyl (C=O) groups is 1. The average molecular weight is 218 g/mol. The highest BCUT2D eigenvalue weighted by molar-refractivity contribution is 5.89. The molecule has 82 valence electrons. The van der Waals surface area contributed by atoms with Crippen molar-refractivity contribution in [3.8, 4) is 0 Å². The van der Waals surface area contributed by atoms with Crippen molar-refractivity contribution in [3.63, 3.8) is 0 Å². The summed E-state index contributed by atoms with van der Waals surface area (Å²) in [6.07, 6.45) is 0. The van der Waals surface area contributed by atoms with Crippen molar-refractivity contribution in [1.82, 2.24) is 14.6 Å². The van der Waals surface area contributed by atoms with Crippen LogP contribution in [0.1, 0.15) is 28.6 Å². The molecule has 2 rings (SSSR count). The lowest BCUT2D eigenvalue weighted by molar-refractivity contribution is -0.0997. The van der Waals surface area contributed by atoms with Crippen LogP contribution in [0.3, 0.4) is 0 Å². The Bertz CT molecular complexity index is 417. The summed E-state index contributed by atoms with van der Waals surface area (Å²) >= 11 is 0. The van der Waals surface area contributed by atoms with E-state index in [1.165, 1.54) is 0 Å². The van der Waals surface area contributed by atoms with Crippen LogP contribution in [-0.2, 0) is 13.1 Å². The van der Waals surface area contributed by atoms with E-state index in [9.17, 15) is 13.6 Å². The maximum atomic E-state index is 12.6. The molecular formula is C7H8F2N4O2. The molecule has 1 amide bonds. The van der Waals surface area contributed by atoms with Gasteiger partial charge < -0.3 is 10.9 Å². The molecule has 0 aliphatic carbocycles. The Hall–Kier alpha value is -1.54. The number of alkyl halides is 2. The number of hydrogen-bond donors (Lipinski definition) is 2. The van der Waals surface area contributed by atoms with Crippen LogP contribution >= 0.6 is 0 Å². The first-order chi connectivity index (χ1) is 7.00. The standard InChI is InChI=1S/C7H8F2N4O2/c8-7(9)13-4-2-12(15)1-3(4)11-6(13)5(10)14/h7,15H,1-2H2,(H2,10,14). The highest BCUT2D eigenvalue weighted by atomic mass is 19.3. The Labute approximate surface area is 82.9 Å². The molecule has 1 aromatic rings. The van der Waals surface area contributed by atoms with Crippen LogP contribution in [0.25, 0.3) is 0 Å². The van der Waals surface area contributed by atoms with Gasteiger partial charge in [0.1, 0.15) is 0 Å². The molecule has 1 aromatic heterocycles. The number of hydrogen-bond acceptors (Lipinski definition) is 4. The van der Waals surface area contributed by atoms with Crippen LogP contribution in [0.5, 0.6) is 0 Å². The molecule has 0 fully saturated rings. The molecule has 0 spiro atoms. The third-order valence-corrected chi connectivity index (χ3v) is 2.17. The Kier molecular flexibility index (Phi) is 2.16.